The number of carbonyl (C=O) groups is 1. The maximum absolute atomic E-state index is 12.2. The van der Waals surface area contributed by atoms with Crippen LogP contribution >= 0.6 is 0 Å². The second kappa shape index (κ2) is 5.67. The van der Waals surface area contributed by atoms with Gasteiger partial charge in [-0.25, -0.2) is 9.48 Å². The highest BCUT2D eigenvalue weighted by Crippen LogP contribution is 2.48. The molecule has 21 heavy (non-hydrogen) atoms. The second-order valence-corrected chi connectivity index (χ2v) is 6.56. The summed E-state index contributed by atoms with van der Waals surface area (Å²) in [6.45, 7) is 4.21. The van der Waals surface area contributed by atoms with Gasteiger partial charge in [0.1, 0.15) is 5.82 Å². The van der Waals surface area contributed by atoms with Crippen molar-refractivity contribution >= 4 is 11.8 Å². The number of urea groups is 1. The summed E-state index contributed by atoms with van der Waals surface area (Å²) >= 11 is 0. The summed E-state index contributed by atoms with van der Waals surface area (Å²) in [4.78, 5) is 12.2. The van der Waals surface area contributed by atoms with Gasteiger partial charge in [-0.15, -0.1) is 0 Å². The summed E-state index contributed by atoms with van der Waals surface area (Å²) in [6, 6.07) is 1.89. The molecule has 0 saturated heterocycles. The van der Waals surface area contributed by atoms with E-state index in [4.69, 9.17) is 0 Å². The molecule has 2 aliphatic rings. The van der Waals surface area contributed by atoms with Gasteiger partial charge in [0.2, 0.25) is 0 Å². The van der Waals surface area contributed by atoms with Gasteiger partial charge >= 0.3 is 6.03 Å². The van der Waals surface area contributed by atoms with E-state index in [1.54, 1.807) is 16.9 Å². The summed E-state index contributed by atoms with van der Waals surface area (Å²) < 4.78 is 1.78. The van der Waals surface area contributed by atoms with Crippen molar-refractivity contribution in [1.29, 1.82) is 0 Å². The first-order valence-electron chi connectivity index (χ1n) is 7.82. The number of carbonyl (C=O) groups excluding carboxylic acids is 1. The molecule has 0 aromatic carbocycles. The molecule has 2 amide bonds. The summed E-state index contributed by atoms with van der Waals surface area (Å²) in [5, 5.41) is 19.7. The Kier molecular flexibility index (Phi) is 3.89. The molecular weight excluding hydrogens is 268 g/mol. The van der Waals surface area contributed by atoms with Crippen LogP contribution in [0, 0.1) is 17.8 Å². The van der Waals surface area contributed by atoms with Gasteiger partial charge in [-0.1, -0.05) is 0 Å². The van der Waals surface area contributed by atoms with Crippen LogP contribution < -0.4 is 10.6 Å². The van der Waals surface area contributed by atoms with Gasteiger partial charge in [0.05, 0.1) is 6.20 Å². The number of aliphatic hydroxyl groups is 1. The molecule has 3 N–H and O–H groups in total. The maximum Gasteiger partial charge on any atom is 0.320 e. The molecule has 0 aliphatic heterocycles. The van der Waals surface area contributed by atoms with Gasteiger partial charge in [0.15, 0.2) is 0 Å². The SMILES string of the molecule is CC(C)n1nccc1NC(=O)NC1C2CCC(C2)C1CO. The van der Waals surface area contributed by atoms with Crippen LogP contribution in [0.2, 0.25) is 0 Å². The van der Waals surface area contributed by atoms with E-state index in [0.29, 0.717) is 17.7 Å². The predicted octanol–water partition coefficient (Wildman–Crippen LogP) is 1.99. The van der Waals surface area contributed by atoms with Gasteiger partial charge in [0, 0.05) is 30.7 Å². The van der Waals surface area contributed by atoms with E-state index in [9.17, 15) is 9.90 Å². The Morgan fingerprint density at radius 2 is 2.24 bits per heavy atom. The molecule has 2 aliphatic carbocycles. The van der Waals surface area contributed by atoms with Gasteiger partial charge in [-0.05, 0) is 44.9 Å². The summed E-state index contributed by atoms with van der Waals surface area (Å²) in [5.74, 6) is 2.01. The smallest absolute Gasteiger partial charge is 0.320 e. The molecular formula is C15H24N4O2. The highest BCUT2D eigenvalue weighted by atomic mass is 16.3. The zero-order valence-electron chi connectivity index (χ0n) is 12.6. The van der Waals surface area contributed by atoms with Crippen LogP contribution in [0.15, 0.2) is 12.3 Å². The molecule has 3 rings (SSSR count). The number of hydrogen-bond donors (Lipinski definition) is 3. The molecule has 1 heterocycles. The molecule has 1 aromatic rings. The average molecular weight is 292 g/mol. The number of nitrogens with zero attached hydrogens (tertiary/aromatic N) is 2. The number of nitrogens with one attached hydrogen (secondary N) is 2. The van der Waals surface area contributed by atoms with E-state index in [1.165, 1.54) is 6.42 Å². The number of aromatic nitrogens is 2. The zero-order valence-corrected chi connectivity index (χ0v) is 12.6. The minimum Gasteiger partial charge on any atom is -0.396 e. The Morgan fingerprint density at radius 3 is 2.95 bits per heavy atom. The quantitative estimate of drug-likeness (QED) is 0.794. The lowest BCUT2D eigenvalue weighted by Gasteiger charge is -2.30. The number of rotatable bonds is 4. The lowest BCUT2D eigenvalue weighted by atomic mass is 9.85. The lowest BCUT2D eigenvalue weighted by molar-refractivity contribution is 0.146. The predicted molar refractivity (Wildman–Crippen MR) is 80.0 cm³/mol. The van der Waals surface area contributed by atoms with Gasteiger partial charge < -0.3 is 10.4 Å². The Balaban J connectivity index is 1.63. The fourth-order valence-electron chi connectivity index (χ4n) is 4.03. The number of aliphatic hydroxyl groups excluding tert-OH is 1. The molecule has 2 fully saturated rings. The van der Waals surface area contributed by atoms with Gasteiger partial charge in [-0.3, -0.25) is 5.32 Å². The van der Waals surface area contributed by atoms with Crippen molar-refractivity contribution in [2.75, 3.05) is 11.9 Å². The molecule has 2 saturated carbocycles. The highest BCUT2D eigenvalue weighted by Gasteiger charge is 2.47. The van der Waals surface area contributed by atoms with Crippen molar-refractivity contribution in [2.45, 2.75) is 45.2 Å². The number of amides is 2. The van der Waals surface area contributed by atoms with Crippen LogP contribution in [0.1, 0.15) is 39.2 Å². The topological polar surface area (TPSA) is 79.2 Å². The maximum atomic E-state index is 12.2. The van der Waals surface area contributed by atoms with Crippen LogP contribution in [-0.4, -0.2) is 33.6 Å². The van der Waals surface area contributed by atoms with Crippen molar-refractivity contribution in [3.05, 3.63) is 12.3 Å². The summed E-state index contributed by atoms with van der Waals surface area (Å²) in [5.41, 5.74) is 0. The molecule has 6 heteroatoms. The zero-order chi connectivity index (χ0) is 15.0. The summed E-state index contributed by atoms with van der Waals surface area (Å²) in [7, 11) is 0. The number of anilines is 1. The van der Waals surface area contributed by atoms with Crippen molar-refractivity contribution in [3.63, 3.8) is 0 Å². The van der Waals surface area contributed by atoms with Crippen LogP contribution in [0.25, 0.3) is 0 Å². The van der Waals surface area contributed by atoms with Crippen LogP contribution in [0.3, 0.4) is 0 Å². The monoisotopic (exact) mass is 292 g/mol. The first-order chi connectivity index (χ1) is 10.1. The molecule has 1 aromatic heterocycles. The first kappa shape index (κ1) is 14.4. The van der Waals surface area contributed by atoms with E-state index in [2.05, 4.69) is 15.7 Å². The fourth-order valence-corrected chi connectivity index (χ4v) is 4.03. The molecule has 116 valence electrons. The highest BCUT2D eigenvalue weighted by molar-refractivity contribution is 5.88. The molecule has 6 nitrogen and oxygen atoms in total. The Hall–Kier alpha value is -1.56. The van der Waals surface area contributed by atoms with Crippen LogP contribution in [0.5, 0.6) is 0 Å². The standard InChI is InChI=1S/C15H24N4O2/c1-9(2)19-13(5-6-16-19)17-15(21)18-14-11-4-3-10(7-11)12(14)8-20/h5-6,9-12,14,20H,3-4,7-8H2,1-2H3,(H2,17,18,21). The molecule has 2 bridgehead atoms. The Labute approximate surface area is 124 Å². The molecule has 4 unspecified atom stereocenters. The van der Waals surface area contributed by atoms with Gasteiger partial charge in [-0.2, -0.15) is 5.10 Å². The van der Waals surface area contributed by atoms with Crippen molar-refractivity contribution in [1.82, 2.24) is 15.1 Å². The second-order valence-electron chi connectivity index (χ2n) is 6.56. The number of fused-ring (bicyclic) bond motifs is 2. The Bertz CT molecular complexity index is 514. The Morgan fingerprint density at radius 1 is 1.48 bits per heavy atom. The largest absolute Gasteiger partial charge is 0.396 e. The van der Waals surface area contributed by atoms with Crippen molar-refractivity contribution in [2.24, 2.45) is 17.8 Å². The van der Waals surface area contributed by atoms with E-state index >= 15 is 0 Å². The fraction of sp³-hybridized carbons (Fsp3) is 0.733. The number of hydrogen-bond acceptors (Lipinski definition) is 3. The molecule has 0 spiro atoms. The van der Waals surface area contributed by atoms with E-state index < -0.39 is 0 Å². The van der Waals surface area contributed by atoms with Crippen molar-refractivity contribution in [3.8, 4) is 0 Å². The normalized spacial score (nSPS) is 30.9. The van der Waals surface area contributed by atoms with Crippen LogP contribution in [0.4, 0.5) is 10.6 Å². The lowest BCUT2D eigenvalue weighted by Crippen LogP contribution is -2.47. The summed E-state index contributed by atoms with van der Waals surface area (Å²) in [6.07, 6.45) is 5.18. The van der Waals surface area contributed by atoms with Crippen LogP contribution in [-0.2, 0) is 0 Å². The third-order valence-corrected chi connectivity index (χ3v) is 5.00. The average Bonchev–Trinajstić information content (AvgIpc) is 3.13. The third-order valence-electron chi connectivity index (χ3n) is 5.00. The van der Waals surface area contributed by atoms with Gasteiger partial charge in [0.25, 0.3) is 0 Å². The first-order valence-corrected chi connectivity index (χ1v) is 7.82. The molecule has 4 atom stereocenters. The van der Waals surface area contributed by atoms with E-state index in [1.807, 2.05) is 13.8 Å². The minimum atomic E-state index is -0.201. The van der Waals surface area contributed by atoms with E-state index in [0.717, 1.165) is 12.8 Å². The minimum absolute atomic E-state index is 0.101. The third kappa shape index (κ3) is 2.64. The molecule has 0 radical (unpaired) electrons. The van der Waals surface area contributed by atoms with Crippen molar-refractivity contribution < 1.29 is 9.90 Å². The van der Waals surface area contributed by atoms with E-state index in [-0.39, 0.29) is 30.6 Å².